The van der Waals surface area contributed by atoms with E-state index in [1.807, 2.05) is 0 Å². The number of rotatable bonds is 2. The minimum atomic E-state index is -0.296. The van der Waals surface area contributed by atoms with Crippen LogP contribution in [0.2, 0.25) is 0 Å². The van der Waals surface area contributed by atoms with Crippen LogP contribution < -0.4 is 5.73 Å². The molecule has 0 spiro atoms. The highest BCUT2D eigenvalue weighted by Gasteiger charge is 2.49. The predicted molar refractivity (Wildman–Crippen MR) is 69.6 cm³/mol. The lowest BCUT2D eigenvalue weighted by molar-refractivity contribution is 0.514. The summed E-state index contributed by atoms with van der Waals surface area (Å²) in [5.41, 5.74) is 12.3. The summed E-state index contributed by atoms with van der Waals surface area (Å²) in [6.07, 6.45) is 1.88. The Hall–Kier alpha value is -1.33. The predicted octanol–water partition coefficient (Wildman–Crippen LogP) is 3.22. The molecule has 0 aliphatic heterocycles. The monoisotopic (exact) mass is 228 g/mol. The Kier molecular flexibility index (Phi) is 2.75. The normalized spacial score (nSPS) is 18.6. The number of hydrogen-bond donors (Lipinski definition) is 1. The summed E-state index contributed by atoms with van der Waals surface area (Å²) in [5, 5.41) is 9.28. The van der Waals surface area contributed by atoms with Gasteiger partial charge in [0.2, 0.25) is 0 Å². The number of nitrogens with zero attached hydrogens (tertiary/aromatic N) is 1. The van der Waals surface area contributed by atoms with Crippen LogP contribution in [0.4, 0.5) is 0 Å². The molecular formula is C15H20N2. The van der Waals surface area contributed by atoms with Crippen LogP contribution in [-0.4, -0.2) is 0 Å². The van der Waals surface area contributed by atoms with Gasteiger partial charge in [0.15, 0.2) is 0 Å². The lowest BCUT2D eigenvalue weighted by Crippen LogP contribution is -2.24. The van der Waals surface area contributed by atoms with E-state index in [1.165, 1.54) is 27.8 Å². The molecule has 1 fully saturated rings. The molecule has 1 aromatic rings. The van der Waals surface area contributed by atoms with Crippen molar-refractivity contribution >= 4 is 0 Å². The van der Waals surface area contributed by atoms with Crippen molar-refractivity contribution in [1.29, 1.82) is 5.26 Å². The highest BCUT2D eigenvalue weighted by molar-refractivity contribution is 5.47. The molecule has 2 rings (SSSR count). The number of nitriles is 1. The zero-order chi connectivity index (χ0) is 12.8. The molecule has 2 N–H and O–H groups in total. The fourth-order valence-electron chi connectivity index (χ4n) is 2.62. The molecule has 0 saturated heterocycles. The summed E-state index contributed by atoms with van der Waals surface area (Å²) in [6, 6.07) is 4.49. The Balaban J connectivity index is 2.56. The molecule has 0 amide bonds. The first-order valence-corrected chi connectivity index (χ1v) is 6.17. The van der Waals surface area contributed by atoms with E-state index >= 15 is 0 Å². The maximum absolute atomic E-state index is 9.28. The van der Waals surface area contributed by atoms with Crippen molar-refractivity contribution in [3.05, 3.63) is 33.9 Å². The molecule has 1 aliphatic rings. The van der Waals surface area contributed by atoms with Gasteiger partial charge >= 0.3 is 0 Å². The molecule has 1 aliphatic carbocycles. The van der Waals surface area contributed by atoms with Gasteiger partial charge in [-0.15, -0.1) is 0 Å². The quantitative estimate of drug-likeness (QED) is 0.845. The molecule has 1 aromatic carbocycles. The van der Waals surface area contributed by atoms with E-state index in [-0.39, 0.29) is 11.5 Å². The van der Waals surface area contributed by atoms with Gasteiger partial charge in [0.25, 0.3) is 0 Å². The fraction of sp³-hybridized carbons (Fsp3) is 0.533. The zero-order valence-electron chi connectivity index (χ0n) is 11.1. The lowest BCUT2D eigenvalue weighted by Gasteiger charge is -2.24. The largest absolute Gasteiger partial charge is 0.323 e. The Morgan fingerprint density at radius 2 is 1.65 bits per heavy atom. The van der Waals surface area contributed by atoms with Crippen LogP contribution in [-0.2, 0) is 0 Å². The highest BCUT2D eigenvalue weighted by Crippen LogP contribution is 2.54. The second-order valence-corrected chi connectivity index (χ2v) is 5.42. The van der Waals surface area contributed by atoms with Gasteiger partial charge < -0.3 is 5.73 Å². The van der Waals surface area contributed by atoms with Crippen LogP contribution in [0.1, 0.15) is 46.7 Å². The van der Waals surface area contributed by atoms with E-state index in [1.54, 1.807) is 0 Å². The fourth-order valence-corrected chi connectivity index (χ4v) is 2.62. The molecule has 0 bridgehead atoms. The third-order valence-corrected chi connectivity index (χ3v) is 4.34. The first kappa shape index (κ1) is 12.1. The third-order valence-electron chi connectivity index (χ3n) is 4.34. The molecule has 1 atom stereocenters. The summed E-state index contributed by atoms with van der Waals surface area (Å²) in [7, 11) is 0. The lowest BCUT2D eigenvalue weighted by atomic mass is 9.83. The smallest absolute Gasteiger partial charge is 0.0767 e. The van der Waals surface area contributed by atoms with Crippen LogP contribution in [0.5, 0.6) is 0 Å². The summed E-state index contributed by atoms with van der Waals surface area (Å²) in [5.74, 6) is 0. The highest BCUT2D eigenvalue weighted by atomic mass is 14.7. The topological polar surface area (TPSA) is 49.8 Å². The Labute approximate surface area is 103 Å². The molecule has 0 heterocycles. The molecule has 2 heteroatoms. The van der Waals surface area contributed by atoms with Crippen molar-refractivity contribution in [2.75, 3.05) is 0 Å². The summed E-state index contributed by atoms with van der Waals surface area (Å²) in [6.45, 7) is 8.46. The Morgan fingerprint density at radius 3 is 2.00 bits per heavy atom. The number of nitrogens with two attached hydrogens (primary N) is 1. The van der Waals surface area contributed by atoms with Gasteiger partial charge in [0.1, 0.15) is 0 Å². The average molecular weight is 228 g/mol. The molecule has 90 valence electrons. The maximum Gasteiger partial charge on any atom is 0.0767 e. The summed E-state index contributed by atoms with van der Waals surface area (Å²) in [4.78, 5) is 0. The van der Waals surface area contributed by atoms with Crippen molar-refractivity contribution in [3.8, 4) is 6.07 Å². The van der Waals surface area contributed by atoms with E-state index in [4.69, 9.17) is 5.73 Å². The van der Waals surface area contributed by atoms with Crippen LogP contribution >= 0.6 is 0 Å². The Morgan fingerprint density at radius 1 is 1.18 bits per heavy atom. The standard InChI is InChI=1S/C15H20N2/c1-9-7-10(2)12(4)13(11(9)3)14(17)15(8-16)5-6-15/h7,14H,5-6,17H2,1-4H3. The molecule has 2 nitrogen and oxygen atoms in total. The summed E-state index contributed by atoms with van der Waals surface area (Å²) < 4.78 is 0. The van der Waals surface area contributed by atoms with Crippen molar-refractivity contribution < 1.29 is 0 Å². The zero-order valence-corrected chi connectivity index (χ0v) is 11.1. The van der Waals surface area contributed by atoms with Crippen LogP contribution in [0.3, 0.4) is 0 Å². The average Bonchev–Trinajstić information content (AvgIpc) is 3.07. The first-order chi connectivity index (χ1) is 7.93. The number of hydrogen-bond acceptors (Lipinski definition) is 2. The van der Waals surface area contributed by atoms with E-state index in [9.17, 15) is 5.26 Å². The number of aryl methyl sites for hydroxylation is 2. The SMILES string of the molecule is Cc1cc(C)c(C)c(C(N)C2(C#N)CC2)c1C. The first-order valence-electron chi connectivity index (χ1n) is 6.17. The summed E-state index contributed by atoms with van der Waals surface area (Å²) >= 11 is 0. The van der Waals surface area contributed by atoms with Gasteiger partial charge in [0, 0.05) is 6.04 Å². The van der Waals surface area contributed by atoms with Crippen molar-refractivity contribution in [3.63, 3.8) is 0 Å². The van der Waals surface area contributed by atoms with Gasteiger partial charge in [-0.2, -0.15) is 5.26 Å². The molecule has 1 saturated carbocycles. The van der Waals surface area contributed by atoms with E-state index < -0.39 is 0 Å². The van der Waals surface area contributed by atoms with Gasteiger partial charge in [-0.05, 0) is 68.4 Å². The maximum atomic E-state index is 9.28. The van der Waals surface area contributed by atoms with Crippen LogP contribution in [0.15, 0.2) is 6.07 Å². The minimum Gasteiger partial charge on any atom is -0.323 e. The van der Waals surface area contributed by atoms with E-state index in [0.717, 1.165) is 12.8 Å². The number of benzene rings is 1. The van der Waals surface area contributed by atoms with Gasteiger partial charge in [-0.25, -0.2) is 0 Å². The third kappa shape index (κ3) is 1.75. The van der Waals surface area contributed by atoms with Crippen molar-refractivity contribution in [1.82, 2.24) is 0 Å². The van der Waals surface area contributed by atoms with Crippen LogP contribution in [0, 0.1) is 44.4 Å². The molecule has 1 unspecified atom stereocenters. The van der Waals surface area contributed by atoms with Crippen molar-refractivity contribution in [2.45, 2.75) is 46.6 Å². The van der Waals surface area contributed by atoms with Gasteiger partial charge in [-0.3, -0.25) is 0 Å². The van der Waals surface area contributed by atoms with Gasteiger partial charge in [0.05, 0.1) is 11.5 Å². The molecule has 17 heavy (non-hydrogen) atoms. The Bertz CT molecular complexity index is 478. The van der Waals surface area contributed by atoms with Crippen LogP contribution in [0.25, 0.3) is 0 Å². The second-order valence-electron chi connectivity index (χ2n) is 5.42. The molecule has 0 aromatic heterocycles. The molecule has 0 radical (unpaired) electrons. The minimum absolute atomic E-state index is 0.133. The van der Waals surface area contributed by atoms with Crippen molar-refractivity contribution in [2.24, 2.45) is 11.1 Å². The van der Waals surface area contributed by atoms with Gasteiger partial charge in [-0.1, -0.05) is 6.07 Å². The van der Waals surface area contributed by atoms with E-state index in [0.29, 0.717) is 0 Å². The molecular weight excluding hydrogens is 208 g/mol. The second kappa shape index (κ2) is 3.85. The van der Waals surface area contributed by atoms with E-state index in [2.05, 4.69) is 39.8 Å².